The van der Waals surface area contributed by atoms with Gasteiger partial charge in [-0.15, -0.1) is 0 Å². The molecule has 3 nitrogen and oxygen atoms in total. The molecule has 0 aromatic rings. The molecule has 0 aromatic heterocycles. The molecule has 0 aromatic carbocycles. The summed E-state index contributed by atoms with van der Waals surface area (Å²) in [6.45, 7) is 6.80. The van der Waals surface area contributed by atoms with Crippen LogP contribution < -0.4 is 0 Å². The van der Waals surface area contributed by atoms with Gasteiger partial charge < -0.3 is 5.11 Å². The first-order valence-corrected chi connectivity index (χ1v) is 18.3. The van der Waals surface area contributed by atoms with Gasteiger partial charge in [0.05, 0.1) is 5.60 Å². The van der Waals surface area contributed by atoms with Crippen LogP contribution in [0.1, 0.15) is 130 Å². The first-order chi connectivity index (χ1) is 20.0. The monoisotopic (exact) mass is 636 g/mol. The predicted octanol–water partition coefficient (Wildman–Crippen LogP) is 9.34. The highest BCUT2D eigenvalue weighted by Gasteiger charge is 2.64. The summed E-state index contributed by atoms with van der Waals surface area (Å²) in [4.78, 5) is 12.4. The van der Waals surface area contributed by atoms with Crippen LogP contribution in [0.2, 0.25) is 0 Å². The molecule has 9 heteroatoms. The van der Waals surface area contributed by atoms with Crippen LogP contribution in [0.5, 0.6) is 0 Å². The molecule has 4 rings (SSSR count). The van der Waals surface area contributed by atoms with Gasteiger partial charge in [-0.2, -0.15) is 22.0 Å². The van der Waals surface area contributed by atoms with E-state index in [1.165, 1.54) is 5.57 Å². The minimum atomic E-state index is -5.54. The van der Waals surface area contributed by atoms with Crippen LogP contribution in [0, 0.1) is 34.5 Å². The van der Waals surface area contributed by atoms with Crippen LogP contribution in [0.4, 0.5) is 22.0 Å². The average Bonchev–Trinajstić information content (AvgIpc) is 3.16. The van der Waals surface area contributed by atoms with Crippen LogP contribution in [0.25, 0.3) is 0 Å². The number of alkyl halides is 5. The second-order valence-corrected chi connectivity index (χ2v) is 16.7. The van der Waals surface area contributed by atoms with Crippen molar-refractivity contribution in [3.63, 3.8) is 0 Å². The number of aliphatic hydroxyl groups is 1. The van der Waals surface area contributed by atoms with Gasteiger partial charge in [-0.3, -0.25) is 9.00 Å². The largest absolute Gasteiger partial charge is 0.453 e. The zero-order valence-electron chi connectivity index (χ0n) is 26.4. The van der Waals surface area contributed by atoms with Crippen molar-refractivity contribution in [2.75, 3.05) is 11.5 Å². The van der Waals surface area contributed by atoms with E-state index < -0.39 is 41.3 Å². The zero-order valence-corrected chi connectivity index (χ0v) is 27.2. The molecule has 0 spiro atoms. The number of halogens is 5. The van der Waals surface area contributed by atoms with Gasteiger partial charge in [0, 0.05) is 35.1 Å². The summed E-state index contributed by atoms with van der Waals surface area (Å²) in [6.07, 6.45) is 9.78. The van der Waals surface area contributed by atoms with Crippen molar-refractivity contribution in [2.24, 2.45) is 34.5 Å². The molecule has 0 bridgehead atoms. The van der Waals surface area contributed by atoms with E-state index in [1.54, 1.807) is 0 Å². The lowest BCUT2D eigenvalue weighted by Gasteiger charge is -2.61. The summed E-state index contributed by atoms with van der Waals surface area (Å²) in [5.41, 5.74) is 0.852. The molecule has 43 heavy (non-hydrogen) atoms. The van der Waals surface area contributed by atoms with Gasteiger partial charge >= 0.3 is 12.1 Å². The van der Waals surface area contributed by atoms with E-state index in [0.29, 0.717) is 42.3 Å². The third-order valence-electron chi connectivity index (χ3n) is 12.4. The highest BCUT2D eigenvalue weighted by molar-refractivity contribution is 7.84. The fourth-order valence-corrected chi connectivity index (χ4v) is 10.7. The highest BCUT2D eigenvalue weighted by atomic mass is 32.2. The van der Waals surface area contributed by atoms with Gasteiger partial charge in [-0.05, 0) is 105 Å². The molecule has 0 heterocycles. The number of fused-ring (bicyclic) bond motifs is 5. The van der Waals surface area contributed by atoms with E-state index in [0.717, 1.165) is 83.5 Å². The van der Waals surface area contributed by atoms with E-state index in [-0.39, 0.29) is 22.4 Å². The molecule has 3 saturated carbocycles. The highest BCUT2D eigenvalue weighted by Crippen LogP contribution is 2.69. The van der Waals surface area contributed by atoms with E-state index in [1.807, 2.05) is 6.08 Å². The van der Waals surface area contributed by atoms with Crippen molar-refractivity contribution in [1.82, 2.24) is 0 Å². The second kappa shape index (κ2) is 13.5. The van der Waals surface area contributed by atoms with Gasteiger partial charge in [0.25, 0.3) is 0 Å². The van der Waals surface area contributed by atoms with Crippen molar-refractivity contribution < 1.29 is 36.1 Å². The van der Waals surface area contributed by atoms with Gasteiger partial charge in [0.2, 0.25) is 0 Å². The number of unbranched alkanes of at least 4 members (excludes halogenated alkanes) is 6. The summed E-state index contributed by atoms with van der Waals surface area (Å²) >= 11 is 0. The van der Waals surface area contributed by atoms with Crippen molar-refractivity contribution in [3.8, 4) is 0 Å². The SMILES string of the molecule is CC1(O)CC[C@H]2[C@@H]3C(CCCCCCCCCS(=O)CCCC(F)(F)C(F)(F)F)CC4=CC(=O)CC[C@]4(C)[C@@H]3CC[C@@]21C. The lowest BCUT2D eigenvalue weighted by atomic mass is 9.44. The Morgan fingerprint density at radius 2 is 1.47 bits per heavy atom. The molecule has 3 fully saturated rings. The first kappa shape index (κ1) is 35.0. The predicted molar refractivity (Wildman–Crippen MR) is 161 cm³/mol. The Labute approximate surface area is 257 Å². The van der Waals surface area contributed by atoms with Crippen molar-refractivity contribution in [3.05, 3.63) is 11.6 Å². The lowest BCUT2D eigenvalue weighted by molar-refractivity contribution is -0.284. The molecule has 4 aliphatic rings. The third kappa shape index (κ3) is 7.44. The summed E-state index contributed by atoms with van der Waals surface area (Å²) in [7, 11) is -1.36. The van der Waals surface area contributed by atoms with Gasteiger partial charge in [-0.1, -0.05) is 57.9 Å². The topological polar surface area (TPSA) is 54.4 Å². The number of carbonyl (C=O) groups is 1. The molecule has 8 atom stereocenters. The molecule has 248 valence electrons. The maximum atomic E-state index is 13.0. The van der Waals surface area contributed by atoms with Crippen LogP contribution in [0.15, 0.2) is 11.6 Å². The summed E-state index contributed by atoms with van der Waals surface area (Å²) in [5.74, 6) is -1.91. The van der Waals surface area contributed by atoms with E-state index in [9.17, 15) is 36.1 Å². The first-order valence-electron chi connectivity index (χ1n) is 16.8. The lowest BCUT2D eigenvalue weighted by Crippen LogP contribution is -2.56. The number of hydrogen-bond acceptors (Lipinski definition) is 3. The zero-order chi connectivity index (χ0) is 31.7. The Hall–Kier alpha value is -0.830. The maximum absolute atomic E-state index is 13.0. The standard InChI is InChI=1S/C34H53F5O3S/c1-30-17-13-26(40)23-25(30)22-24(29-27(30)14-18-31(2)28(29)15-19-32(31,3)41)12-9-7-5-4-6-8-10-20-43(42)21-11-16-33(35,36)34(37,38)39/h23-24,27-29,41H,4-22H2,1-3H3/t24?,27-,28+,29-,30+,31+,32?,43?/m1/s1. The maximum Gasteiger partial charge on any atom is 0.453 e. The molecule has 3 unspecified atom stereocenters. The second-order valence-electron chi connectivity index (χ2n) is 15.0. The quantitative estimate of drug-likeness (QED) is 0.153. The van der Waals surface area contributed by atoms with Gasteiger partial charge in [-0.25, -0.2) is 0 Å². The fourth-order valence-electron chi connectivity index (χ4n) is 9.50. The normalized spacial score (nSPS) is 37.0. The molecule has 4 aliphatic carbocycles. The Balaban J connectivity index is 1.19. The minimum Gasteiger partial charge on any atom is -0.390 e. The molecule has 1 N–H and O–H groups in total. The van der Waals surface area contributed by atoms with Crippen molar-refractivity contribution >= 4 is 16.6 Å². The Kier molecular flexibility index (Phi) is 11.0. The molecule has 0 amide bonds. The number of rotatable bonds is 14. The Morgan fingerprint density at radius 1 is 0.860 bits per heavy atom. The molecule has 0 aliphatic heterocycles. The summed E-state index contributed by atoms with van der Waals surface area (Å²) in [5, 5.41) is 11.4. The summed E-state index contributed by atoms with van der Waals surface area (Å²) in [6, 6.07) is 0. The van der Waals surface area contributed by atoms with E-state index >= 15 is 0 Å². The average molecular weight is 637 g/mol. The van der Waals surface area contributed by atoms with Crippen LogP contribution in [-0.2, 0) is 15.6 Å². The van der Waals surface area contributed by atoms with Crippen LogP contribution >= 0.6 is 0 Å². The molecule has 0 saturated heterocycles. The molecule has 0 radical (unpaired) electrons. The van der Waals surface area contributed by atoms with Crippen LogP contribution in [0.3, 0.4) is 0 Å². The van der Waals surface area contributed by atoms with Gasteiger partial charge in [0.1, 0.15) is 0 Å². The molecular formula is C34H53F5O3S. The summed E-state index contributed by atoms with van der Waals surface area (Å²) < 4.78 is 74.7. The Bertz CT molecular complexity index is 1040. The van der Waals surface area contributed by atoms with Crippen molar-refractivity contribution in [1.29, 1.82) is 0 Å². The fraction of sp³-hybridized carbons (Fsp3) is 0.912. The third-order valence-corrected chi connectivity index (χ3v) is 13.9. The number of ketones is 1. The number of allylic oxidation sites excluding steroid dienone is 1. The smallest absolute Gasteiger partial charge is 0.390 e. The Morgan fingerprint density at radius 3 is 2.14 bits per heavy atom. The van der Waals surface area contributed by atoms with E-state index in [4.69, 9.17) is 0 Å². The van der Waals surface area contributed by atoms with E-state index in [2.05, 4.69) is 20.8 Å². The number of hydrogen-bond donors (Lipinski definition) is 1. The minimum absolute atomic E-state index is 0.0354. The van der Waals surface area contributed by atoms with Gasteiger partial charge in [0.15, 0.2) is 5.78 Å². The van der Waals surface area contributed by atoms with Crippen LogP contribution in [-0.4, -0.2) is 44.3 Å². The van der Waals surface area contributed by atoms with Crippen molar-refractivity contribution in [2.45, 2.75) is 148 Å². The number of carbonyl (C=O) groups excluding carboxylic acids is 1. The molecular weight excluding hydrogens is 583 g/mol.